The zero-order chi connectivity index (χ0) is 15.2. The molecule has 1 aromatic heterocycles. The number of nitrogens with zero attached hydrogens (tertiary/aromatic N) is 2. The first-order valence-electron chi connectivity index (χ1n) is 7.50. The van der Waals surface area contributed by atoms with Gasteiger partial charge in [-0.25, -0.2) is 4.98 Å². The summed E-state index contributed by atoms with van der Waals surface area (Å²) in [5, 5.41) is 5.78. The molecule has 1 aliphatic carbocycles. The van der Waals surface area contributed by atoms with E-state index < -0.39 is 11.6 Å². The molecule has 0 aromatic carbocycles. The van der Waals surface area contributed by atoms with E-state index in [2.05, 4.69) is 10.3 Å². The molecule has 114 valence electrons. The lowest BCUT2D eigenvalue weighted by atomic mass is 9.87. The Balaban J connectivity index is 1.93. The maximum atomic E-state index is 12.7. The Morgan fingerprint density at radius 1 is 1.48 bits per heavy atom. The van der Waals surface area contributed by atoms with E-state index in [9.17, 15) is 9.59 Å². The van der Waals surface area contributed by atoms with Crippen LogP contribution in [-0.2, 0) is 16.1 Å². The second-order valence-corrected chi connectivity index (χ2v) is 7.11. The number of carbonyl (C=O) groups excluding carboxylic acids is 2. The van der Waals surface area contributed by atoms with Gasteiger partial charge in [-0.05, 0) is 39.0 Å². The second-order valence-electron chi connectivity index (χ2n) is 6.16. The molecular weight excluding hydrogens is 286 g/mol. The first-order chi connectivity index (χ1) is 9.96. The van der Waals surface area contributed by atoms with Crippen molar-refractivity contribution in [3.8, 4) is 0 Å². The SMILES string of the molecule is CCC1NC(=O)C(C)(C2CC2)N(Cc2nc(C)cs2)C1=O. The number of amides is 2. The highest BCUT2D eigenvalue weighted by Crippen LogP contribution is 2.45. The number of thiazole rings is 1. The molecule has 6 heteroatoms. The number of nitrogens with one attached hydrogen (secondary N) is 1. The highest BCUT2D eigenvalue weighted by atomic mass is 32.1. The molecule has 3 rings (SSSR count). The lowest BCUT2D eigenvalue weighted by Gasteiger charge is -2.46. The molecule has 5 nitrogen and oxygen atoms in total. The van der Waals surface area contributed by atoms with Gasteiger partial charge in [0.25, 0.3) is 0 Å². The summed E-state index contributed by atoms with van der Waals surface area (Å²) >= 11 is 1.55. The second kappa shape index (κ2) is 5.09. The van der Waals surface area contributed by atoms with E-state index in [1.807, 2.05) is 26.2 Å². The number of aryl methyl sites for hydroxylation is 1. The summed E-state index contributed by atoms with van der Waals surface area (Å²) in [6, 6.07) is -0.398. The molecule has 1 N–H and O–H groups in total. The molecule has 0 radical (unpaired) electrons. The Bertz CT molecular complexity index is 581. The third-order valence-corrected chi connectivity index (χ3v) is 5.58. The fraction of sp³-hybridized carbons (Fsp3) is 0.667. The third kappa shape index (κ3) is 2.35. The molecule has 21 heavy (non-hydrogen) atoms. The van der Waals surface area contributed by atoms with Gasteiger partial charge >= 0.3 is 0 Å². The van der Waals surface area contributed by atoms with Gasteiger partial charge in [-0.2, -0.15) is 0 Å². The Morgan fingerprint density at radius 3 is 2.71 bits per heavy atom. The molecule has 2 aliphatic rings. The maximum absolute atomic E-state index is 12.7. The van der Waals surface area contributed by atoms with Crippen LogP contribution in [-0.4, -0.2) is 33.3 Å². The predicted molar refractivity (Wildman–Crippen MR) is 80.8 cm³/mol. The van der Waals surface area contributed by atoms with Crippen molar-refractivity contribution in [3.63, 3.8) is 0 Å². The minimum absolute atomic E-state index is 0.00951. The van der Waals surface area contributed by atoms with Crippen LogP contribution in [0.1, 0.15) is 43.8 Å². The number of hydrogen-bond acceptors (Lipinski definition) is 4. The molecule has 1 aromatic rings. The Labute approximate surface area is 128 Å². The van der Waals surface area contributed by atoms with Crippen molar-refractivity contribution < 1.29 is 9.59 Å². The Hall–Kier alpha value is -1.43. The van der Waals surface area contributed by atoms with Crippen LogP contribution in [0.3, 0.4) is 0 Å². The van der Waals surface area contributed by atoms with Gasteiger partial charge in [0.1, 0.15) is 16.6 Å². The van der Waals surface area contributed by atoms with Crippen molar-refractivity contribution in [2.45, 2.75) is 58.2 Å². The van der Waals surface area contributed by atoms with Crippen LogP contribution in [0.4, 0.5) is 0 Å². The lowest BCUT2D eigenvalue weighted by molar-refractivity contribution is -0.159. The molecule has 2 amide bonds. The summed E-state index contributed by atoms with van der Waals surface area (Å²) in [6.45, 7) is 6.21. The van der Waals surface area contributed by atoms with Gasteiger partial charge in [-0.15, -0.1) is 11.3 Å². The smallest absolute Gasteiger partial charge is 0.246 e. The molecule has 0 bridgehead atoms. The standard InChI is InChI=1S/C15H21N3O2S/c1-4-11-13(19)18(7-12-16-9(2)8-21-12)15(3,10-5-6-10)14(20)17-11/h8,10-11H,4-7H2,1-3H3,(H,17,20). The first-order valence-corrected chi connectivity index (χ1v) is 8.38. The van der Waals surface area contributed by atoms with Crippen molar-refractivity contribution in [2.24, 2.45) is 5.92 Å². The van der Waals surface area contributed by atoms with Gasteiger partial charge in [0.2, 0.25) is 11.8 Å². The quantitative estimate of drug-likeness (QED) is 0.923. The van der Waals surface area contributed by atoms with E-state index in [1.165, 1.54) is 0 Å². The fourth-order valence-electron chi connectivity index (χ4n) is 3.09. The normalized spacial score (nSPS) is 29.7. The minimum Gasteiger partial charge on any atom is -0.342 e. The highest BCUT2D eigenvalue weighted by Gasteiger charge is 2.56. The van der Waals surface area contributed by atoms with Crippen LogP contribution in [0.15, 0.2) is 5.38 Å². The summed E-state index contributed by atoms with van der Waals surface area (Å²) < 4.78 is 0. The summed E-state index contributed by atoms with van der Waals surface area (Å²) in [5.74, 6) is 0.296. The number of piperazine rings is 1. The van der Waals surface area contributed by atoms with Crippen LogP contribution < -0.4 is 5.32 Å². The number of aromatic nitrogens is 1. The average molecular weight is 307 g/mol. The summed E-state index contributed by atoms with van der Waals surface area (Å²) in [4.78, 5) is 31.6. The Morgan fingerprint density at radius 2 is 2.19 bits per heavy atom. The minimum atomic E-state index is -0.720. The topological polar surface area (TPSA) is 62.3 Å². The van der Waals surface area contributed by atoms with Gasteiger partial charge in [0.15, 0.2) is 0 Å². The number of carbonyl (C=O) groups is 2. The third-order valence-electron chi connectivity index (χ3n) is 4.63. The maximum Gasteiger partial charge on any atom is 0.246 e. The van der Waals surface area contributed by atoms with Crippen molar-refractivity contribution >= 4 is 23.2 Å². The zero-order valence-corrected chi connectivity index (χ0v) is 13.5. The molecule has 1 saturated heterocycles. The van der Waals surface area contributed by atoms with Gasteiger partial charge < -0.3 is 10.2 Å². The van der Waals surface area contributed by atoms with E-state index in [0.29, 0.717) is 13.0 Å². The largest absolute Gasteiger partial charge is 0.342 e. The van der Waals surface area contributed by atoms with Gasteiger partial charge in [0, 0.05) is 11.1 Å². The molecule has 2 atom stereocenters. The van der Waals surface area contributed by atoms with Crippen molar-refractivity contribution in [1.29, 1.82) is 0 Å². The summed E-state index contributed by atoms with van der Waals surface area (Å²) in [6.07, 6.45) is 2.65. The molecular formula is C15H21N3O2S. The van der Waals surface area contributed by atoms with Crippen molar-refractivity contribution in [3.05, 3.63) is 16.1 Å². The number of hydrogen-bond donors (Lipinski definition) is 1. The molecule has 2 unspecified atom stereocenters. The molecule has 1 aliphatic heterocycles. The van der Waals surface area contributed by atoms with E-state index in [-0.39, 0.29) is 17.7 Å². The predicted octanol–water partition coefficient (Wildman–Crippen LogP) is 1.86. The molecule has 0 spiro atoms. The van der Waals surface area contributed by atoms with Crippen LogP contribution >= 0.6 is 11.3 Å². The average Bonchev–Trinajstić information content (AvgIpc) is 3.23. The van der Waals surface area contributed by atoms with Crippen molar-refractivity contribution in [1.82, 2.24) is 15.2 Å². The van der Waals surface area contributed by atoms with Gasteiger partial charge in [0.05, 0.1) is 6.54 Å². The monoisotopic (exact) mass is 307 g/mol. The summed E-state index contributed by atoms with van der Waals surface area (Å²) in [5.41, 5.74) is 0.242. The molecule has 2 fully saturated rings. The summed E-state index contributed by atoms with van der Waals surface area (Å²) in [7, 11) is 0. The van der Waals surface area contributed by atoms with E-state index in [1.54, 1.807) is 16.2 Å². The van der Waals surface area contributed by atoms with E-state index in [4.69, 9.17) is 0 Å². The zero-order valence-electron chi connectivity index (χ0n) is 12.7. The van der Waals surface area contributed by atoms with Crippen LogP contribution in [0, 0.1) is 12.8 Å². The van der Waals surface area contributed by atoms with Crippen molar-refractivity contribution in [2.75, 3.05) is 0 Å². The van der Waals surface area contributed by atoms with Crippen LogP contribution in [0.5, 0.6) is 0 Å². The molecule has 2 heterocycles. The molecule has 1 saturated carbocycles. The number of rotatable bonds is 4. The van der Waals surface area contributed by atoms with E-state index >= 15 is 0 Å². The van der Waals surface area contributed by atoms with Crippen LogP contribution in [0.25, 0.3) is 0 Å². The fourth-order valence-corrected chi connectivity index (χ4v) is 3.85. The first kappa shape index (κ1) is 14.5. The van der Waals surface area contributed by atoms with E-state index in [0.717, 1.165) is 23.5 Å². The highest BCUT2D eigenvalue weighted by molar-refractivity contribution is 7.09. The van der Waals surface area contributed by atoms with Gasteiger partial charge in [-0.1, -0.05) is 6.92 Å². The Kier molecular flexibility index (Phi) is 3.51. The van der Waals surface area contributed by atoms with Gasteiger partial charge in [-0.3, -0.25) is 9.59 Å². The lowest BCUT2D eigenvalue weighted by Crippen LogP contribution is -2.69. The van der Waals surface area contributed by atoms with Crippen LogP contribution in [0.2, 0.25) is 0 Å².